The van der Waals surface area contributed by atoms with Crippen molar-refractivity contribution in [3.63, 3.8) is 0 Å². The average molecular weight is 420 g/mol. The number of hydrogen-bond acceptors (Lipinski definition) is 6. The van der Waals surface area contributed by atoms with E-state index in [2.05, 4.69) is 40.2 Å². The molecule has 0 bridgehead atoms. The Morgan fingerprint density at radius 2 is 1.84 bits per heavy atom. The number of aliphatic hydroxyl groups excluding tert-OH is 1. The van der Waals surface area contributed by atoms with Crippen molar-refractivity contribution < 1.29 is 9.84 Å². The van der Waals surface area contributed by atoms with Crippen LogP contribution in [0.1, 0.15) is 30.9 Å². The van der Waals surface area contributed by atoms with Crippen LogP contribution in [0.5, 0.6) is 0 Å². The molecule has 1 aromatic carbocycles. The number of ether oxygens (including phenoxy) is 1. The molecule has 2 saturated heterocycles. The molecule has 3 aromatic rings. The Bertz CT molecular complexity index is 1160. The molecule has 4 heterocycles. The first-order valence-electron chi connectivity index (χ1n) is 11.1. The molecule has 5 rings (SSSR count). The van der Waals surface area contributed by atoms with E-state index in [0.29, 0.717) is 18.8 Å². The fourth-order valence-electron chi connectivity index (χ4n) is 5.06. The number of anilines is 2. The first-order chi connectivity index (χ1) is 15.1. The summed E-state index contributed by atoms with van der Waals surface area (Å²) in [7, 11) is 0. The van der Waals surface area contributed by atoms with Crippen molar-refractivity contribution in [1.29, 1.82) is 5.26 Å². The number of nitriles is 1. The van der Waals surface area contributed by atoms with Gasteiger partial charge in [-0.1, -0.05) is 19.1 Å². The number of hydrogen-bond donors (Lipinski definition) is 1. The van der Waals surface area contributed by atoms with Gasteiger partial charge in [0.1, 0.15) is 17.5 Å². The van der Waals surface area contributed by atoms with Gasteiger partial charge in [-0.3, -0.25) is 4.40 Å². The highest BCUT2D eigenvalue weighted by atomic mass is 16.5. The molecule has 2 aliphatic rings. The first-order valence-corrected chi connectivity index (χ1v) is 11.1. The van der Waals surface area contributed by atoms with Gasteiger partial charge >= 0.3 is 0 Å². The number of benzene rings is 1. The van der Waals surface area contributed by atoms with Gasteiger partial charge in [0, 0.05) is 38.3 Å². The molecule has 7 nitrogen and oxygen atoms in total. The van der Waals surface area contributed by atoms with Gasteiger partial charge in [-0.2, -0.15) is 5.26 Å². The Labute approximate surface area is 182 Å². The van der Waals surface area contributed by atoms with Crippen LogP contribution in [0.2, 0.25) is 0 Å². The molecule has 7 heteroatoms. The summed E-state index contributed by atoms with van der Waals surface area (Å²) >= 11 is 0. The summed E-state index contributed by atoms with van der Waals surface area (Å²) in [6, 6.07) is 10.6. The summed E-state index contributed by atoms with van der Waals surface area (Å²) in [5, 5.41) is 20.0. The van der Waals surface area contributed by atoms with Crippen LogP contribution in [0.4, 0.5) is 11.5 Å². The molecule has 0 saturated carbocycles. The fourth-order valence-corrected chi connectivity index (χ4v) is 5.06. The number of aromatic nitrogens is 2. The molecule has 31 heavy (non-hydrogen) atoms. The molecule has 2 aliphatic heterocycles. The lowest BCUT2D eigenvalue weighted by molar-refractivity contribution is 0.114. The number of aliphatic hydroxyl groups is 1. The van der Waals surface area contributed by atoms with Crippen molar-refractivity contribution in [2.24, 2.45) is 5.41 Å². The van der Waals surface area contributed by atoms with Crippen molar-refractivity contribution in [3.05, 3.63) is 35.4 Å². The largest absolute Gasteiger partial charge is 0.396 e. The molecule has 0 unspecified atom stereocenters. The van der Waals surface area contributed by atoms with Crippen LogP contribution in [0.15, 0.2) is 24.3 Å². The van der Waals surface area contributed by atoms with Crippen LogP contribution in [0, 0.1) is 23.7 Å². The van der Waals surface area contributed by atoms with Crippen LogP contribution in [-0.2, 0) is 4.74 Å². The molecule has 2 aromatic heterocycles. The zero-order valence-electron chi connectivity index (χ0n) is 18.3. The van der Waals surface area contributed by atoms with Crippen LogP contribution < -0.4 is 9.80 Å². The lowest BCUT2D eigenvalue weighted by atomic mass is 9.81. The molecular formula is C24H29N5O2. The second-order valence-corrected chi connectivity index (χ2v) is 9.10. The predicted molar refractivity (Wildman–Crippen MR) is 122 cm³/mol. The van der Waals surface area contributed by atoms with Crippen LogP contribution >= 0.6 is 0 Å². The minimum absolute atomic E-state index is 0.0276. The average Bonchev–Trinajstić information content (AvgIpc) is 3.19. The molecule has 0 radical (unpaired) electrons. The Hall–Kier alpha value is -2.82. The standard InChI is InChI=1S/C24H29N5O2/c1-17-21(27-11-13-31-14-12-27)18(15-25)22-26-19-5-3-4-6-20(19)29(22)23(17)28-9-7-24(2,16-30)8-10-28/h3-6,30H,7-14,16H2,1-2H3. The molecule has 0 aliphatic carbocycles. The second kappa shape index (κ2) is 7.70. The summed E-state index contributed by atoms with van der Waals surface area (Å²) in [6.45, 7) is 9.13. The summed E-state index contributed by atoms with van der Waals surface area (Å²) in [5.74, 6) is 1.11. The number of para-hydroxylation sites is 2. The third-order valence-corrected chi connectivity index (χ3v) is 7.01. The number of rotatable bonds is 3. The highest BCUT2D eigenvalue weighted by molar-refractivity contribution is 5.90. The smallest absolute Gasteiger partial charge is 0.159 e. The maximum atomic E-state index is 10.2. The minimum Gasteiger partial charge on any atom is -0.396 e. The maximum Gasteiger partial charge on any atom is 0.159 e. The van der Waals surface area contributed by atoms with E-state index < -0.39 is 0 Å². The van der Waals surface area contributed by atoms with Crippen molar-refractivity contribution >= 4 is 28.2 Å². The summed E-state index contributed by atoms with van der Waals surface area (Å²) in [4.78, 5) is 9.59. The zero-order chi connectivity index (χ0) is 21.6. The molecule has 0 atom stereocenters. The van der Waals surface area contributed by atoms with Gasteiger partial charge in [-0.05, 0) is 37.3 Å². The number of imidazole rings is 1. The topological polar surface area (TPSA) is 77.0 Å². The van der Waals surface area contributed by atoms with Gasteiger partial charge in [0.05, 0.1) is 29.9 Å². The van der Waals surface area contributed by atoms with Crippen LogP contribution in [-0.4, -0.2) is 60.5 Å². The maximum absolute atomic E-state index is 10.2. The summed E-state index contributed by atoms with van der Waals surface area (Å²) in [6.07, 6.45) is 1.87. The van der Waals surface area contributed by atoms with Gasteiger partial charge in [-0.25, -0.2) is 4.98 Å². The monoisotopic (exact) mass is 419 g/mol. The third-order valence-electron chi connectivity index (χ3n) is 7.01. The molecule has 0 spiro atoms. The van der Waals surface area contributed by atoms with E-state index in [0.717, 1.165) is 72.8 Å². The van der Waals surface area contributed by atoms with Crippen LogP contribution in [0.25, 0.3) is 16.7 Å². The van der Waals surface area contributed by atoms with Crippen LogP contribution in [0.3, 0.4) is 0 Å². The highest BCUT2D eigenvalue weighted by Crippen LogP contribution is 2.41. The molecule has 0 amide bonds. The van der Waals surface area contributed by atoms with Crippen molar-refractivity contribution in [2.75, 3.05) is 55.8 Å². The molecular weight excluding hydrogens is 390 g/mol. The highest BCUT2D eigenvalue weighted by Gasteiger charge is 2.33. The van der Waals surface area contributed by atoms with E-state index in [1.807, 2.05) is 18.2 Å². The lowest BCUT2D eigenvalue weighted by Gasteiger charge is -2.41. The van der Waals surface area contributed by atoms with E-state index >= 15 is 0 Å². The number of fused-ring (bicyclic) bond motifs is 3. The van der Waals surface area contributed by atoms with E-state index in [9.17, 15) is 10.4 Å². The van der Waals surface area contributed by atoms with E-state index in [1.54, 1.807) is 0 Å². The first kappa shape index (κ1) is 20.1. The molecule has 162 valence electrons. The molecule has 2 fully saturated rings. The number of piperidine rings is 1. The quantitative estimate of drug-likeness (QED) is 0.703. The van der Waals surface area contributed by atoms with E-state index in [1.165, 1.54) is 0 Å². The molecule has 1 N–H and O–H groups in total. The number of nitrogens with zero attached hydrogens (tertiary/aromatic N) is 5. The summed E-state index contributed by atoms with van der Waals surface area (Å²) < 4.78 is 7.75. The van der Waals surface area contributed by atoms with Gasteiger partial charge < -0.3 is 19.6 Å². The van der Waals surface area contributed by atoms with E-state index in [4.69, 9.17) is 9.72 Å². The van der Waals surface area contributed by atoms with Gasteiger partial charge in [-0.15, -0.1) is 0 Å². The Morgan fingerprint density at radius 3 is 2.52 bits per heavy atom. The Kier molecular flexibility index (Phi) is 4.99. The van der Waals surface area contributed by atoms with Crippen molar-refractivity contribution in [2.45, 2.75) is 26.7 Å². The third kappa shape index (κ3) is 3.22. The van der Waals surface area contributed by atoms with Gasteiger partial charge in [0.25, 0.3) is 0 Å². The predicted octanol–water partition coefficient (Wildman–Crippen LogP) is 3.10. The summed E-state index contributed by atoms with van der Waals surface area (Å²) in [5.41, 5.74) is 5.35. The van der Waals surface area contributed by atoms with Gasteiger partial charge in [0.2, 0.25) is 0 Å². The van der Waals surface area contributed by atoms with E-state index in [-0.39, 0.29) is 12.0 Å². The Balaban J connectivity index is 1.76. The van der Waals surface area contributed by atoms with Crippen molar-refractivity contribution in [1.82, 2.24) is 9.38 Å². The SMILES string of the molecule is Cc1c(N2CCOCC2)c(C#N)c2nc3ccccc3n2c1N1CCC(C)(CO)CC1. The normalized spacial score (nSPS) is 19.2. The minimum atomic E-state index is -0.0276. The Morgan fingerprint density at radius 1 is 1.13 bits per heavy atom. The number of morpholine rings is 1. The zero-order valence-corrected chi connectivity index (χ0v) is 18.3. The van der Waals surface area contributed by atoms with Crippen molar-refractivity contribution in [3.8, 4) is 6.07 Å². The lowest BCUT2D eigenvalue weighted by Crippen LogP contribution is -2.42. The second-order valence-electron chi connectivity index (χ2n) is 9.10. The van der Waals surface area contributed by atoms with Gasteiger partial charge in [0.15, 0.2) is 5.65 Å². The fraction of sp³-hybridized carbons (Fsp3) is 0.500. The number of pyridine rings is 1.